The van der Waals surface area contributed by atoms with E-state index in [1.165, 1.54) is 0 Å². The topological polar surface area (TPSA) is 98.0 Å². The summed E-state index contributed by atoms with van der Waals surface area (Å²) in [5.41, 5.74) is 0. The van der Waals surface area contributed by atoms with Gasteiger partial charge in [0, 0.05) is 18.8 Å². The molecule has 1 aliphatic rings. The summed E-state index contributed by atoms with van der Waals surface area (Å²) in [6, 6.07) is 0. The zero-order valence-corrected chi connectivity index (χ0v) is 15.3. The highest BCUT2D eigenvalue weighted by Crippen LogP contribution is 2.36. The average Bonchev–Trinajstić information content (AvgIpc) is 2.82. The fourth-order valence-corrected chi connectivity index (χ4v) is 3.41. The smallest absolute Gasteiger partial charge is 0.303 e. The van der Waals surface area contributed by atoms with Gasteiger partial charge in [0.25, 0.3) is 0 Å². The maximum Gasteiger partial charge on any atom is 0.303 e. The highest BCUT2D eigenvalue weighted by atomic mass is 16.4. The highest BCUT2D eigenvalue weighted by Gasteiger charge is 2.39. The average molecular weight is 354 g/mol. The van der Waals surface area contributed by atoms with Crippen molar-refractivity contribution in [1.82, 2.24) is 0 Å². The van der Waals surface area contributed by atoms with Crippen molar-refractivity contribution in [3.8, 4) is 0 Å². The predicted octanol–water partition coefficient (Wildman–Crippen LogP) is 3.04. The fourth-order valence-electron chi connectivity index (χ4n) is 3.41. The number of unbranched alkanes of at least 4 members (excludes halogenated alkanes) is 3. The number of hydrogen-bond donors (Lipinski definition) is 4. The molecule has 1 saturated carbocycles. The number of aliphatic carboxylic acids is 1. The van der Waals surface area contributed by atoms with Crippen molar-refractivity contribution < 1.29 is 25.2 Å². The van der Waals surface area contributed by atoms with E-state index in [9.17, 15) is 20.1 Å². The van der Waals surface area contributed by atoms with Crippen LogP contribution in [0.3, 0.4) is 0 Å². The van der Waals surface area contributed by atoms with Crippen molar-refractivity contribution in [2.75, 3.05) is 0 Å². The van der Waals surface area contributed by atoms with Gasteiger partial charge in [0.15, 0.2) is 0 Å². The van der Waals surface area contributed by atoms with Crippen LogP contribution in [0.15, 0.2) is 24.3 Å². The Morgan fingerprint density at radius 1 is 1.16 bits per heavy atom. The second-order valence-corrected chi connectivity index (χ2v) is 7.05. The molecule has 0 aliphatic heterocycles. The third-order valence-corrected chi connectivity index (χ3v) is 4.91. The molecule has 0 amide bonds. The van der Waals surface area contributed by atoms with E-state index in [2.05, 4.69) is 6.92 Å². The minimum Gasteiger partial charge on any atom is -0.481 e. The van der Waals surface area contributed by atoms with Crippen LogP contribution in [0.2, 0.25) is 0 Å². The quantitative estimate of drug-likeness (QED) is 0.319. The normalized spacial score (nSPS) is 28.2. The van der Waals surface area contributed by atoms with E-state index >= 15 is 0 Å². The third-order valence-electron chi connectivity index (χ3n) is 4.91. The number of aliphatic hydroxyl groups excluding tert-OH is 3. The molecule has 0 aromatic rings. The molecule has 1 fully saturated rings. The molecule has 0 aromatic carbocycles. The molecule has 5 heteroatoms. The number of hydrogen-bond acceptors (Lipinski definition) is 4. The Balaban J connectivity index is 2.46. The van der Waals surface area contributed by atoms with Gasteiger partial charge in [-0.15, -0.1) is 0 Å². The standard InChI is InChI=1S/C20H34O5/c1-2-3-6-9-15(21)12-13-17-16(18(22)14-19(17)23)10-7-4-5-8-11-20(24)25/h4,7,12-13,15-19,21-23H,2-3,5-6,8-11,14H2,1H3,(H,24,25)/b7-4+,13-12-/t15-,16+,17-,18-,19+/m0/s1. The molecule has 0 saturated heterocycles. The van der Waals surface area contributed by atoms with Gasteiger partial charge in [-0.25, -0.2) is 0 Å². The van der Waals surface area contributed by atoms with E-state index in [0.717, 1.165) is 25.7 Å². The Morgan fingerprint density at radius 3 is 2.60 bits per heavy atom. The second kappa shape index (κ2) is 12.2. The Morgan fingerprint density at radius 2 is 1.92 bits per heavy atom. The van der Waals surface area contributed by atoms with Gasteiger partial charge >= 0.3 is 5.97 Å². The first kappa shape index (κ1) is 21.9. The van der Waals surface area contributed by atoms with Crippen molar-refractivity contribution in [2.24, 2.45) is 11.8 Å². The summed E-state index contributed by atoms with van der Waals surface area (Å²) in [5, 5.41) is 39.0. The number of rotatable bonds is 12. The summed E-state index contributed by atoms with van der Waals surface area (Å²) in [6.45, 7) is 2.12. The second-order valence-electron chi connectivity index (χ2n) is 7.05. The summed E-state index contributed by atoms with van der Waals surface area (Å²) in [4.78, 5) is 10.5. The number of carboxylic acids is 1. The molecule has 0 heterocycles. The molecule has 5 nitrogen and oxygen atoms in total. The molecule has 0 unspecified atom stereocenters. The first-order chi connectivity index (χ1) is 12.0. The van der Waals surface area contributed by atoms with Crippen LogP contribution >= 0.6 is 0 Å². The largest absolute Gasteiger partial charge is 0.481 e. The predicted molar refractivity (Wildman–Crippen MR) is 98.1 cm³/mol. The lowest BCUT2D eigenvalue weighted by atomic mass is 9.89. The minimum absolute atomic E-state index is 0.0650. The summed E-state index contributed by atoms with van der Waals surface area (Å²) in [7, 11) is 0. The molecule has 25 heavy (non-hydrogen) atoms. The first-order valence-corrected chi connectivity index (χ1v) is 9.55. The molecule has 1 rings (SSSR count). The van der Waals surface area contributed by atoms with Crippen LogP contribution in [-0.4, -0.2) is 44.7 Å². The van der Waals surface area contributed by atoms with Crippen molar-refractivity contribution >= 4 is 5.97 Å². The van der Waals surface area contributed by atoms with Crippen molar-refractivity contribution in [1.29, 1.82) is 0 Å². The lowest BCUT2D eigenvalue weighted by Gasteiger charge is -2.19. The van der Waals surface area contributed by atoms with E-state index < -0.39 is 24.3 Å². The molecular formula is C20H34O5. The zero-order valence-electron chi connectivity index (χ0n) is 15.3. The number of carboxylic acid groups (broad SMARTS) is 1. The summed E-state index contributed by atoms with van der Waals surface area (Å²) < 4.78 is 0. The summed E-state index contributed by atoms with van der Waals surface area (Å²) in [5.74, 6) is -1.00. The van der Waals surface area contributed by atoms with Gasteiger partial charge in [-0.3, -0.25) is 4.79 Å². The molecule has 5 atom stereocenters. The van der Waals surface area contributed by atoms with Gasteiger partial charge in [-0.2, -0.15) is 0 Å². The van der Waals surface area contributed by atoms with Crippen molar-refractivity contribution in [3.63, 3.8) is 0 Å². The maximum atomic E-state index is 10.5. The molecule has 1 aliphatic carbocycles. The van der Waals surface area contributed by atoms with Crippen LogP contribution in [0.5, 0.6) is 0 Å². The SMILES string of the molecule is CCCCC[C@H](O)/C=C\[C@H]1[C@@H](C/C=C/CCCC(=O)O)[C@@H](O)C[C@H]1O. The summed E-state index contributed by atoms with van der Waals surface area (Å²) >= 11 is 0. The Hall–Kier alpha value is -1.17. The van der Waals surface area contributed by atoms with Crippen LogP contribution in [0, 0.1) is 11.8 Å². The first-order valence-electron chi connectivity index (χ1n) is 9.55. The van der Waals surface area contributed by atoms with E-state index in [4.69, 9.17) is 5.11 Å². The van der Waals surface area contributed by atoms with Crippen LogP contribution < -0.4 is 0 Å². The van der Waals surface area contributed by atoms with Gasteiger partial charge in [0.2, 0.25) is 0 Å². The number of aliphatic hydroxyl groups is 3. The monoisotopic (exact) mass is 354 g/mol. The van der Waals surface area contributed by atoms with E-state index in [1.54, 1.807) is 6.08 Å². The Kier molecular flexibility index (Phi) is 10.7. The molecule has 0 aromatic heterocycles. The van der Waals surface area contributed by atoms with Crippen LogP contribution in [0.4, 0.5) is 0 Å². The molecule has 0 radical (unpaired) electrons. The lowest BCUT2D eigenvalue weighted by Crippen LogP contribution is -2.20. The number of allylic oxidation sites excluding steroid dienone is 2. The summed E-state index contributed by atoms with van der Waals surface area (Å²) in [6.07, 6.45) is 12.3. The lowest BCUT2D eigenvalue weighted by molar-refractivity contribution is -0.137. The Labute approximate surface area is 151 Å². The van der Waals surface area contributed by atoms with Crippen LogP contribution in [-0.2, 0) is 4.79 Å². The van der Waals surface area contributed by atoms with Gasteiger partial charge in [-0.05, 0) is 31.6 Å². The highest BCUT2D eigenvalue weighted by molar-refractivity contribution is 5.66. The molecule has 0 bridgehead atoms. The van der Waals surface area contributed by atoms with Gasteiger partial charge in [0.05, 0.1) is 18.3 Å². The number of carbonyl (C=O) groups is 1. The van der Waals surface area contributed by atoms with Crippen molar-refractivity contribution in [2.45, 2.75) is 83.0 Å². The van der Waals surface area contributed by atoms with E-state index in [-0.39, 0.29) is 18.3 Å². The van der Waals surface area contributed by atoms with E-state index in [1.807, 2.05) is 18.2 Å². The molecule has 0 spiro atoms. The van der Waals surface area contributed by atoms with Crippen LogP contribution in [0.25, 0.3) is 0 Å². The van der Waals surface area contributed by atoms with Crippen LogP contribution in [0.1, 0.15) is 64.7 Å². The van der Waals surface area contributed by atoms with Gasteiger partial charge in [-0.1, -0.05) is 50.5 Å². The van der Waals surface area contributed by atoms with Gasteiger partial charge in [0.1, 0.15) is 0 Å². The zero-order chi connectivity index (χ0) is 18.7. The van der Waals surface area contributed by atoms with Gasteiger partial charge < -0.3 is 20.4 Å². The Bertz CT molecular complexity index is 432. The maximum absolute atomic E-state index is 10.5. The fraction of sp³-hybridized carbons (Fsp3) is 0.750. The molecule has 144 valence electrons. The minimum atomic E-state index is -0.787. The van der Waals surface area contributed by atoms with Crippen molar-refractivity contribution in [3.05, 3.63) is 24.3 Å². The third kappa shape index (κ3) is 8.66. The molecule has 4 N–H and O–H groups in total. The van der Waals surface area contributed by atoms with E-state index in [0.29, 0.717) is 25.7 Å². The molecular weight excluding hydrogens is 320 g/mol.